The molecule has 7 heteroatoms. The average Bonchev–Trinajstić information content (AvgIpc) is 2.91. The van der Waals surface area contributed by atoms with Crippen LogP contribution in [0, 0.1) is 6.92 Å². The second kappa shape index (κ2) is 6.36. The average molecular weight is 315 g/mol. The van der Waals surface area contributed by atoms with E-state index in [1.54, 1.807) is 6.92 Å². The lowest BCUT2D eigenvalue weighted by molar-refractivity contribution is -0.136. The summed E-state index contributed by atoms with van der Waals surface area (Å²) in [6.07, 6.45) is 1.79. The Kier molecular flexibility index (Phi) is 4.27. The largest absolute Gasteiger partial charge is 0.363 e. The molecular weight excluding hydrogens is 294 g/mol. The third-order valence-electron chi connectivity index (χ3n) is 4.04. The van der Waals surface area contributed by atoms with Gasteiger partial charge in [-0.05, 0) is 19.8 Å². The van der Waals surface area contributed by atoms with Crippen LogP contribution >= 0.6 is 0 Å². The van der Waals surface area contributed by atoms with Gasteiger partial charge in [-0.2, -0.15) is 0 Å². The Bertz CT molecular complexity index is 712. The summed E-state index contributed by atoms with van der Waals surface area (Å²) in [5.74, 6) is 2.28. The number of nitrogens with one attached hydrogen (secondary N) is 1. The van der Waals surface area contributed by atoms with Crippen LogP contribution < -0.4 is 5.32 Å². The fourth-order valence-corrected chi connectivity index (χ4v) is 2.71. The number of likely N-dealkylation sites (tertiary alicyclic amines) is 1. The molecule has 2 aromatic rings. The topological polar surface area (TPSA) is 84.2 Å². The highest BCUT2D eigenvalue weighted by Gasteiger charge is 2.32. The molecule has 1 fully saturated rings. The van der Waals surface area contributed by atoms with Crippen LogP contribution in [-0.2, 0) is 17.8 Å². The van der Waals surface area contributed by atoms with Crippen LogP contribution in [0.25, 0.3) is 0 Å². The monoisotopic (exact) mass is 315 g/mol. The van der Waals surface area contributed by atoms with Gasteiger partial charge in [0.1, 0.15) is 11.6 Å². The fourth-order valence-electron chi connectivity index (χ4n) is 2.71. The van der Waals surface area contributed by atoms with Gasteiger partial charge in [0.05, 0.1) is 24.0 Å². The van der Waals surface area contributed by atoms with Gasteiger partial charge in [0.15, 0.2) is 5.76 Å². The molecule has 2 aromatic heterocycles. The maximum Gasteiger partial charge on any atom is 0.220 e. The van der Waals surface area contributed by atoms with E-state index in [-0.39, 0.29) is 11.9 Å². The van der Waals surface area contributed by atoms with Gasteiger partial charge >= 0.3 is 0 Å². The van der Waals surface area contributed by atoms with E-state index < -0.39 is 0 Å². The van der Waals surface area contributed by atoms with Crippen LogP contribution in [-0.4, -0.2) is 32.5 Å². The molecule has 0 saturated carbocycles. The lowest BCUT2D eigenvalue weighted by Gasteiger charge is -2.40. The molecule has 0 aromatic carbocycles. The molecule has 122 valence electrons. The molecule has 0 radical (unpaired) electrons. The zero-order valence-electron chi connectivity index (χ0n) is 13.7. The summed E-state index contributed by atoms with van der Waals surface area (Å²) in [6.45, 7) is 6.80. The van der Waals surface area contributed by atoms with Crippen LogP contribution in [0.15, 0.2) is 16.7 Å². The minimum Gasteiger partial charge on any atom is -0.363 e. The van der Waals surface area contributed by atoms with Crippen molar-refractivity contribution < 1.29 is 9.32 Å². The van der Waals surface area contributed by atoms with Gasteiger partial charge < -0.3 is 14.7 Å². The Hall–Kier alpha value is -2.44. The predicted octanol–water partition coefficient (Wildman–Crippen LogP) is 2.24. The number of rotatable bonds is 5. The highest BCUT2D eigenvalue weighted by Crippen LogP contribution is 2.32. The lowest BCUT2D eigenvalue weighted by atomic mass is 9.99. The Morgan fingerprint density at radius 3 is 2.87 bits per heavy atom. The van der Waals surface area contributed by atoms with Crippen molar-refractivity contribution in [3.8, 4) is 0 Å². The normalized spacial score (nSPS) is 17.0. The molecule has 23 heavy (non-hydrogen) atoms. The van der Waals surface area contributed by atoms with Gasteiger partial charge in [-0.3, -0.25) is 4.79 Å². The molecule has 0 bridgehead atoms. The van der Waals surface area contributed by atoms with E-state index >= 15 is 0 Å². The van der Waals surface area contributed by atoms with Crippen LogP contribution in [0.5, 0.6) is 0 Å². The molecule has 7 nitrogen and oxygen atoms in total. The molecular formula is C16H21N5O2. The number of nitrogens with zero attached hydrogens (tertiary/aromatic N) is 4. The molecule has 1 unspecified atom stereocenters. The van der Waals surface area contributed by atoms with Gasteiger partial charge in [-0.15, -0.1) is 0 Å². The molecule has 1 atom stereocenters. The third-order valence-corrected chi connectivity index (χ3v) is 4.04. The molecule has 0 aliphatic carbocycles. The van der Waals surface area contributed by atoms with E-state index in [1.807, 2.05) is 30.9 Å². The quantitative estimate of drug-likeness (QED) is 0.911. The van der Waals surface area contributed by atoms with Gasteiger partial charge in [-0.1, -0.05) is 12.1 Å². The second-order valence-corrected chi connectivity index (χ2v) is 5.73. The van der Waals surface area contributed by atoms with Gasteiger partial charge in [-0.25, -0.2) is 9.97 Å². The molecule has 0 spiro atoms. The van der Waals surface area contributed by atoms with Gasteiger partial charge in [0, 0.05) is 25.6 Å². The van der Waals surface area contributed by atoms with Gasteiger partial charge in [0.2, 0.25) is 5.91 Å². The van der Waals surface area contributed by atoms with E-state index in [0.717, 1.165) is 42.4 Å². The summed E-state index contributed by atoms with van der Waals surface area (Å²) in [4.78, 5) is 22.3. The number of amides is 1. The number of carbonyl (C=O) groups excluding carboxylic acids is 1. The summed E-state index contributed by atoms with van der Waals surface area (Å²) in [6, 6.07) is 3.90. The lowest BCUT2D eigenvalue weighted by Crippen LogP contribution is -2.44. The number of aromatic nitrogens is 3. The predicted molar refractivity (Wildman–Crippen MR) is 84.7 cm³/mol. The van der Waals surface area contributed by atoms with E-state index in [2.05, 4.69) is 20.4 Å². The minimum atomic E-state index is 0.0618. The molecule has 1 saturated heterocycles. The number of anilines is 1. The Labute approximate surface area is 135 Å². The molecule has 3 rings (SSSR count). The minimum absolute atomic E-state index is 0.0618. The second-order valence-electron chi connectivity index (χ2n) is 5.73. The highest BCUT2D eigenvalue weighted by molar-refractivity contribution is 5.74. The first kappa shape index (κ1) is 15.5. The number of hydrogen-bond donors (Lipinski definition) is 1. The first-order chi connectivity index (χ1) is 11.1. The summed E-state index contributed by atoms with van der Waals surface area (Å²) >= 11 is 0. The Morgan fingerprint density at radius 1 is 1.43 bits per heavy atom. The van der Waals surface area contributed by atoms with Crippen LogP contribution in [0.2, 0.25) is 0 Å². The zero-order chi connectivity index (χ0) is 16.4. The number of carbonyl (C=O) groups is 1. The van der Waals surface area contributed by atoms with Crippen LogP contribution in [0.1, 0.15) is 49.3 Å². The highest BCUT2D eigenvalue weighted by atomic mass is 16.5. The Morgan fingerprint density at radius 2 is 2.26 bits per heavy atom. The number of hydrogen-bond acceptors (Lipinski definition) is 6. The van der Waals surface area contributed by atoms with Crippen molar-refractivity contribution in [1.29, 1.82) is 0 Å². The van der Waals surface area contributed by atoms with E-state index in [9.17, 15) is 4.79 Å². The van der Waals surface area contributed by atoms with Crippen molar-refractivity contribution >= 4 is 11.7 Å². The SMILES string of the molecule is CCc1cc(CNc2cc(C3CCN3C(C)=O)nc(C)n2)on1. The molecule has 1 aliphatic heterocycles. The van der Waals surface area contributed by atoms with Crippen molar-refractivity contribution in [1.82, 2.24) is 20.0 Å². The zero-order valence-corrected chi connectivity index (χ0v) is 13.7. The summed E-state index contributed by atoms with van der Waals surface area (Å²) < 4.78 is 5.26. The first-order valence-electron chi connectivity index (χ1n) is 7.88. The maximum absolute atomic E-state index is 11.6. The fraction of sp³-hybridized carbons (Fsp3) is 0.500. The third kappa shape index (κ3) is 3.33. The Balaban J connectivity index is 1.71. The first-order valence-corrected chi connectivity index (χ1v) is 7.88. The van der Waals surface area contributed by atoms with Crippen molar-refractivity contribution in [2.45, 2.75) is 46.2 Å². The van der Waals surface area contributed by atoms with Crippen molar-refractivity contribution in [3.63, 3.8) is 0 Å². The molecule has 1 aliphatic rings. The smallest absolute Gasteiger partial charge is 0.220 e. The molecule has 1 amide bonds. The van der Waals surface area contributed by atoms with Crippen molar-refractivity contribution in [3.05, 3.63) is 35.1 Å². The van der Waals surface area contributed by atoms with E-state index in [0.29, 0.717) is 12.4 Å². The van der Waals surface area contributed by atoms with E-state index in [4.69, 9.17) is 4.52 Å². The number of aryl methyl sites for hydroxylation is 2. The van der Waals surface area contributed by atoms with E-state index in [1.165, 1.54) is 0 Å². The van der Waals surface area contributed by atoms with Gasteiger partial charge in [0.25, 0.3) is 0 Å². The summed E-state index contributed by atoms with van der Waals surface area (Å²) in [5, 5.41) is 7.21. The van der Waals surface area contributed by atoms with Crippen LogP contribution in [0.4, 0.5) is 5.82 Å². The summed E-state index contributed by atoms with van der Waals surface area (Å²) in [5.41, 5.74) is 1.82. The van der Waals surface area contributed by atoms with Crippen LogP contribution in [0.3, 0.4) is 0 Å². The van der Waals surface area contributed by atoms with Crippen molar-refractivity contribution in [2.75, 3.05) is 11.9 Å². The summed E-state index contributed by atoms with van der Waals surface area (Å²) in [7, 11) is 0. The standard InChI is InChI=1S/C16H21N5O2/c1-4-12-7-13(23-20-12)9-17-16-8-14(18-10(2)19-16)15-5-6-21(15)11(3)22/h7-8,15H,4-6,9H2,1-3H3,(H,17,18,19). The molecule has 3 heterocycles. The van der Waals surface area contributed by atoms with Crippen molar-refractivity contribution in [2.24, 2.45) is 0 Å². The molecule has 1 N–H and O–H groups in total. The maximum atomic E-state index is 11.6.